The molecule has 0 spiro atoms. The average Bonchev–Trinajstić information content (AvgIpc) is 3.17. The molecule has 208 valence electrons. The van der Waals surface area contributed by atoms with Crippen LogP contribution in [0.5, 0.6) is 5.75 Å². The molecule has 7 nitrogen and oxygen atoms in total. The number of rotatable bonds is 5. The number of ether oxygens (including phenoxy) is 1. The molecule has 1 unspecified atom stereocenters. The monoisotopic (exact) mass is 579 g/mol. The number of halogens is 6. The van der Waals surface area contributed by atoms with Crippen molar-refractivity contribution in [1.82, 2.24) is 10.2 Å². The molecular formula is C27H19ClF5N3O4. The molecule has 3 aromatic carbocycles. The number of likely N-dealkylation sites (tertiary alicyclic amines) is 1. The van der Waals surface area contributed by atoms with Crippen molar-refractivity contribution in [1.29, 1.82) is 0 Å². The minimum Gasteiger partial charge on any atom is -0.487 e. The minimum atomic E-state index is -4.90. The van der Waals surface area contributed by atoms with Crippen LogP contribution in [0.25, 0.3) is 0 Å². The third-order valence-electron chi connectivity index (χ3n) is 6.56. The smallest absolute Gasteiger partial charge is 0.416 e. The maximum atomic E-state index is 14.1. The number of carbonyl (C=O) groups excluding carboxylic acids is 3. The van der Waals surface area contributed by atoms with Crippen molar-refractivity contribution in [2.75, 3.05) is 18.4 Å². The van der Waals surface area contributed by atoms with Gasteiger partial charge in [-0.25, -0.2) is 8.78 Å². The fourth-order valence-electron chi connectivity index (χ4n) is 4.59. The van der Waals surface area contributed by atoms with Crippen LogP contribution in [0, 0.1) is 11.6 Å². The molecule has 40 heavy (non-hydrogen) atoms. The number of benzene rings is 3. The molecule has 2 aliphatic rings. The van der Waals surface area contributed by atoms with E-state index in [4.69, 9.17) is 16.3 Å². The summed E-state index contributed by atoms with van der Waals surface area (Å²) in [5.41, 5.74) is -1.68. The molecule has 0 radical (unpaired) electrons. The first-order chi connectivity index (χ1) is 18.8. The van der Waals surface area contributed by atoms with Crippen LogP contribution in [0.1, 0.15) is 50.4 Å². The molecule has 1 atom stereocenters. The zero-order valence-electron chi connectivity index (χ0n) is 20.5. The zero-order valence-corrected chi connectivity index (χ0v) is 21.3. The average molecular weight is 580 g/mol. The van der Waals surface area contributed by atoms with Crippen molar-refractivity contribution in [3.05, 3.63) is 93.0 Å². The van der Waals surface area contributed by atoms with Gasteiger partial charge in [-0.1, -0.05) is 11.6 Å². The Bertz CT molecular complexity index is 1560. The molecule has 5 rings (SSSR count). The van der Waals surface area contributed by atoms with E-state index in [1.54, 1.807) is 0 Å². The number of amides is 3. The number of nitrogens with one attached hydrogen (secondary N) is 2. The van der Waals surface area contributed by atoms with E-state index in [0.29, 0.717) is 12.1 Å². The van der Waals surface area contributed by atoms with E-state index in [2.05, 4.69) is 10.6 Å². The van der Waals surface area contributed by atoms with E-state index in [9.17, 15) is 36.3 Å². The summed E-state index contributed by atoms with van der Waals surface area (Å²) in [4.78, 5) is 39.1. The molecule has 2 N–H and O–H groups in total. The van der Waals surface area contributed by atoms with E-state index in [-0.39, 0.29) is 58.2 Å². The fraction of sp³-hybridized carbons (Fsp3) is 0.222. The summed E-state index contributed by atoms with van der Waals surface area (Å²) in [6.07, 6.45) is -5.32. The summed E-state index contributed by atoms with van der Waals surface area (Å²) >= 11 is 6.28. The van der Waals surface area contributed by atoms with E-state index in [1.165, 1.54) is 30.0 Å². The number of anilines is 1. The Morgan fingerprint density at radius 2 is 1.77 bits per heavy atom. The van der Waals surface area contributed by atoms with Crippen molar-refractivity contribution >= 4 is 35.0 Å². The molecule has 3 aromatic rings. The third kappa shape index (κ3) is 5.31. The Balaban J connectivity index is 1.56. The van der Waals surface area contributed by atoms with Gasteiger partial charge in [-0.05, 0) is 42.5 Å². The van der Waals surface area contributed by atoms with Crippen LogP contribution < -0.4 is 15.4 Å². The largest absolute Gasteiger partial charge is 0.487 e. The number of nitrogens with zero attached hydrogens (tertiary/aromatic N) is 1. The second-order valence-electron chi connectivity index (χ2n) is 9.35. The topological polar surface area (TPSA) is 87.7 Å². The summed E-state index contributed by atoms with van der Waals surface area (Å²) in [6.45, 7) is 1.97. The predicted molar refractivity (Wildman–Crippen MR) is 133 cm³/mol. The van der Waals surface area contributed by atoms with Gasteiger partial charge in [-0.3, -0.25) is 14.4 Å². The van der Waals surface area contributed by atoms with Crippen LogP contribution >= 0.6 is 11.6 Å². The number of hydrogen-bond acceptors (Lipinski definition) is 4. The highest BCUT2D eigenvalue weighted by Crippen LogP contribution is 2.42. The maximum absolute atomic E-state index is 14.1. The zero-order chi connectivity index (χ0) is 28.9. The molecule has 0 aromatic heterocycles. The van der Waals surface area contributed by atoms with Crippen LogP contribution in [-0.4, -0.2) is 41.8 Å². The van der Waals surface area contributed by atoms with Gasteiger partial charge in [0.25, 0.3) is 11.8 Å². The molecule has 0 bridgehead atoms. The van der Waals surface area contributed by atoms with E-state index >= 15 is 0 Å². The summed E-state index contributed by atoms with van der Waals surface area (Å²) in [5, 5.41) is 5.22. The van der Waals surface area contributed by atoms with Crippen molar-refractivity contribution in [3.63, 3.8) is 0 Å². The van der Waals surface area contributed by atoms with Crippen LogP contribution in [0.15, 0.2) is 48.5 Å². The van der Waals surface area contributed by atoms with Gasteiger partial charge in [-0.15, -0.1) is 0 Å². The van der Waals surface area contributed by atoms with E-state index < -0.39 is 52.9 Å². The van der Waals surface area contributed by atoms with Crippen molar-refractivity contribution in [3.8, 4) is 5.75 Å². The van der Waals surface area contributed by atoms with Crippen LogP contribution in [0.3, 0.4) is 0 Å². The van der Waals surface area contributed by atoms with Crippen LogP contribution in [0.2, 0.25) is 5.02 Å². The first-order valence-electron chi connectivity index (χ1n) is 11.8. The summed E-state index contributed by atoms with van der Waals surface area (Å²) in [7, 11) is 0. The Labute approximate surface area is 228 Å². The maximum Gasteiger partial charge on any atom is 0.416 e. The van der Waals surface area contributed by atoms with Crippen molar-refractivity contribution in [2.24, 2.45) is 0 Å². The Morgan fingerprint density at radius 3 is 2.45 bits per heavy atom. The minimum absolute atomic E-state index is 0.0381. The van der Waals surface area contributed by atoms with Crippen molar-refractivity contribution in [2.45, 2.75) is 25.2 Å². The van der Waals surface area contributed by atoms with Crippen LogP contribution in [-0.2, 0) is 11.0 Å². The molecule has 0 saturated carbocycles. The second kappa shape index (κ2) is 10.1. The molecule has 0 aliphatic carbocycles. The number of alkyl halides is 3. The standard InChI is InChI=1S/C27H19ClF5N3O4/c1-12(37)36-10-18(11-36)40-17-8-20-23(24(35-26(20)39)19-7-15(29)2-3-21(19)28)22(9-17)34-25(38)13-4-14(27(31,32)33)6-16(30)5-13/h2-9,18,24H,10-11H2,1H3,(H,34,38)(H,35,39). The molecule has 2 heterocycles. The van der Waals surface area contributed by atoms with Gasteiger partial charge in [-0.2, -0.15) is 13.2 Å². The summed E-state index contributed by atoms with van der Waals surface area (Å²) < 4.78 is 73.7. The lowest BCUT2D eigenvalue weighted by Crippen LogP contribution is -2.55. The molecule has 1 saturated heterocycles. The highest BCUT2D eigenvalue weighted by Gasteiger charge is 2.37. The second-order valence-corrected chi connectivity index (χ2v) is 9.76. The first kappa shape index (κ1) is 27.4. The Kier molecular flexibility index (Phi) is 6.90. The molecule has 2 aliphatic heterocycles. The molecular weight excluding hydrogens is 561 g/mol. The summed E-state index contributed by atoms with van der Waals surface area (Å²) in [6, 6.07) is 6.61. The van der Waals surface area contributed by atoms with Gasteiger partial charge in [0.2, 0.25) is 5.91 Å². The Morgan fingerprint density at radius 1 is 1.05 bits per heavy atom. The van der Waals surface area contributed by atoms with Gasteiger partial charge >= 0.3 is 6.18 Å². The lowest BCUT2D eigenvalue weighted by Gasteiger charge is -2.38. The number of fused-ring (bicyclic) bond motifs is 1. The van der Waals surface area contributed by atoms with Gasteiger partial charge < -0.3 is 20.3 Å². The van der Waals surface area contributed by atoms with Gasteiger partial charge in [0, 0.05) is 34.7 Å². The SMILES string of the molecule is CC(=O)N1CC(Oc2cc(NC(=O)c3cc(F)cc(C(F)(F)F)c3)c3c(c2)C(=O)NC3c2cc(F)ccc2Cl)C1. The normalized spacial score (nSPS) is 16.7. The van der Waals surface area contributed by atoms with Crippen molar-refractivity contribution < 1.29 is 41.1 Å². The lowest BCUT2D eigenvalue weighted by molar-refractivity contribution is -0.138. The Hall–Kier alpha value is -4.19. The van der Waals surface area contributed by atoms with Gasteiger partial charge in [0.15, 0.2) is 0 Å². The van der Waals surface area contributed by atoms with Gasteiger partial charge in [0.05, 0.1) is 35.9 Å². The molecule has 1 fully saturated rings. The quantitative estimate of drug-likeness (QED) is 0.400. The highest BCUT2D eigenvalue weighted by atomic mass is 35.5. The molecule has 13 heteroatoms. The third-order valence-corrected chi connectivity index (χ3v) is 6.91. The molecule has 3 amide bonds. The van der Waals surface area contributed by atoms with E-state index in [0.717, 1.165) is 12.1 Å². The highest BCUT2D eigenvalue weighted by molar-refractivity contribution is 6.31. The first-order valence-corrected chi connectivity index (χ1v) is 12.2. The predicted octanol–water partition coefficient (Wildman–Crippen LogP) is 5.33. The number of hydrogen-bond donors (Lipinski definition) is 2. The number of carbonyl (C=O) groups is 3. The van der Waals surface area contributed by atoms with E-state index in [1.807, 2.05) is 0 Å². The fourth-order valence-corrected chi connectivity index (χ4v) is 4.81. The van der Waals surface area contributed by atoms with Crippen LogP contribution in [0.4, 0.5) is 27.6 Å². The summed E-state index contributed by atoms with van der Waals surface area (Å²) in [5.74, 6) is -3.65. The lowest BCUT2D eigenvalue weighted by atomic mass is 9.95. The van der Waals surface area contributed by atoms with Gasteiger partial charge in [0.1, 0.15) is 23.5 Å².